The van der Waals surface area contributed by atoms with Crippen molar-refractivity contribution in [1.29, 1.82) is 0 Å². The number of rotatable bonds is 5. The Morgan fingerprint density at radius 2 is 1.79 bits per heavy atom. The van der Waals surface area contributed by atoms with E-state index >= 15 is 0 Å². The van der Waals surface area contributed by atoms with Crippen LogP contribution in [0.15, 0.2) is 28.8 Å². The fourth-order valence-electron chi connectivity index (χ4n) is 3.06. The zero-order chi connectivity index (χ0) is 19.9. The van der Waals surface area contributed by atoms with Gasteiger partial charge in [0.1, 0.15) is 11.5 Å². The number of anilines is 1. The lowest BCUT2D eigenvalue weighted by Gasteiger charge is -2.43. The van der Waals surface area contributed by atoms with Crippen molar-refractivity contribution in [3.63, 3.8) is 0 Å². The third-order valence-electron chi connectivity index (χ3n) is 4.59. The third kappa shape index (κ3) is 3.16. The zero-order valence-corrected chi connectivity index (χ0v) is 14.1. The Bertz CT molecular complexity index is 1020. The van der Waals surface area contributed by atoms with E-state index in [1.165, 1.54) is 12.3 Å². The fourth-order valence-corrected chi connectivity index (χ4v) is 3.06. The molecule has 0 bridgehead atoms. The van der Waals surface area contributed by atoms with Crippen LogP contribution in [-0.2, 0) is 5.54 Å². The molecule has 1 fully saturated rings. The van der Waals surface area contributed by atoms with Crippen molar-refractivity contribution in [3.8, 4) is 11.6 Å². The second-order valence-electron chi connectivity index (χ2n) is 6.32. The number of nitrogens with zero attached hydrogens (tertiary/aromatic N) is 4. The van der Waals surface area contributed by atoms with Crippen LogP contribution in [0.3, 0.4) is 0 Å². The first kappa shape index (κ1) is 18.3. The maximum absolute atomic E-state index is 14.3. The van der Waals surface area contributed by atoms with Crippen LogP contribution in [0.25, 0.3) is 11.6 Å². The first-order valence-corrected chi connectivity index (χ1v) is 8.26. The monoisotopic (exact) mass is 397 g/mol. The maximum Gasteiger partial charge on any atom is 0.314 e. The van der Waals surface area contributed by atoms with Crippen molar-refractivity contribution >= 4 is 5.95 Å². The standard InChI is InChI=1S/C17H12F5N5O/c18-9-7-11(20)10(19)6-8(9)17(3-1-4-17)25-16-23-5-2-12(24-16)14-26-27-15(28-14)13(21)22/h2,5-7,13H,1,3-4H2,(H,23,24,25). The average Bonchev–Trinajstić information content (AvgIpc) is 3.12. The summed E-state index contributed by atoms with van der Waals surface area (Å²) in [6.45, 7) is 0. The van der Waals surface area contributed by atoms with Gasteiger partial charge in [0, 0.05) is 17.8 Å². The number of hydrogen-bond donors (Lipinski definition) is 1. The third-order valence-corrected chi connectivity index (χ3v) is 4.59. The minimum atomic E-state index is -2.92. The molecule has 28 heavy (non-hydrogen) atoms. The van der Waals surface area contributed by atoms with Gasteiger partial charge < -0.3 is 9.73 Å². The van der Waals surface area contributed by atoms with E-state index in [2.05, 4.69) is 25.5 Å². The molecule has 0 amide bonds. The molecule has 1 aliphatic rings. The summed E-state index contributed by atoms with van der Waals surface area (Å²) < 4.78 is 71.2. The summed E-state index contributed by atoms with van der Waals surface area (Å²) in [5, 5.41) is 9.68. The minimum Gasteiger partial charge on any atom is -0.414 e. The largest absolute Gasteiger partial charge is 0.414 e. The highest BCUT2D eigenvalue weighted by molar-refractivity contribution is 5.50. The van der Waals surface area contributed by atoms with Crippen LogP contribution in [-0.4, -0.2) is 20.2 Å². The van der Waals surface area contributed by atoms with Crippen LogP contribution in [0.5, 0.6) is 0 Å². The van der Waals surface area contributed by atoms with Crippen molar-refractivity contribution in [2.75, 3.05) is 5.32 Å². The summed E-state index contributed by atoms with van der Waals surface area (Å²) in [6, 6.07) is 2.68. The Morgan fingerprint density at radius 3 is 2.43 bits per heavy atom. The molecule has 1 aromatic carbocycles. The van der Waals surface area contributed by atoms with Gasteiger partial charge in [-0.1, -0.05) is 0 Å². The van der Waals surface area contributed by atoms with Gasteiger partial charge in [0.15, 0.2) is 11.6 Å². The lowest BCUT2D eigenvalue weighted by Crippen LogP contribution is -2.43. The molecule has 11 heteroatoms. The van der Waals surface area contributed by atoms with Gasteiger partial charge in [0.2, 0.25) is 5.95 Å². The molecular formula is C17H12F5N5O. The van der Waals surface area contributed by atoms with Gasteiger partial charge in [-0.15, -0.1) is 10.2 Å². The minimum absolute atomic E-state index is 0.0260. The van der Waals surface area contributed by atoms with Gasteiger partial charge in [-0.25, -0.2) is 23.1 Å². The molecule has 0 unspecified atom stereocenters. The van der Waals surface area contributed by atoms with Crippen molar-refractivity contribution in [2.45, 2.75) is 31.2 Å². The van der Waals surface area contributed by atoms with Gasteiger partial charge in [-0.05, 0) is 31.4 Å². The number of halogens is 5. The highest BCUT2D eigenvalue weighted by Gasteiger charge is 2.42. The zero-order valence-electron chi connectivity index (χ0n) is 14.1. The Morgan fingerprint density at radius 1 is 1.04 bits per heavy atom. The maximum atomic E-state index is 14.3. The molecule has 0 saturated heterocycles. The van der Waals surface area contributed by atoms with Gasteiger partial charge in [0.05, 0.1) is 5.54 Å². The summed E-state index contributed by atoms with van der Waals surface area (Å²) in [6.07, 6.45) is 0.0182. The number of benzene rings is 1. The summed E-state index contributed by atoms with van der Waals surface area (Å²) in [5.41, 5.74) is -0.971. The lowest BCUT2D eigenvalue weighted by molar-refractivity contribution is 0.116. The molecule has 0 spiro atoms. The van der Waals surface area contributed by atoms with E-state index in [1.54, 1.807) is 0 Å². The van der Waals surface area contributed by atoms with E-state index in [1.807, 2.05) is 0 Å². The molecule has 6 nitrogen and oxygen atoms in total. The van der Waals surface area contributed by atoms with Gasteiger partial charge >= 0.3 is 6.43 Å². The molecule has 0 aliphatic heterocycles. The summed E-state index contributed by atoms with van der Waals surface area (Å²) >= 11 is 0. The van der Waals surface area contributed by atoms with Crippen molar-refractivity contribution < 1.29 is 26.4 Å². The predicted octanol–water partition coefficient (Wildman–Crippen LogP) is 4.37. The van der Waals surface area contributed by atoms with E-state index in [4.69, 9.17) is 4.42 Å². The van der Waals surface area contributed by atoms with Crippen molar-refractivity contribution in [3.05, 3.63) is 53.3 Å². The fraction of sp³-hybridized carbons (Fsp3) is 0.294. The summed E-state index contributed by atoms with van der Waals surface area (Å²) in [5.74, 6) is -4.38. The highest BCUT2D eigenvalue weighted by atomic mass is 19.3. The van der Waals surface area contributed by atoms with E-state index in [-0.39, 0.29) is 23.1 Å². The lowest BCUT2D eigenvalue weighted by atomic mass is 9.71. The number of alkyl halides is 2. The molecule has 2 aromatic heterocycles. The Balaban J connectivity index is 1.65. The molecule has 3 aromatic rings. The SMILES string of the molecule is Fc1cc(F)c(C2(Nc3nccc(-c4nnc(C(F)F)o4)n3)CCC2)cc1F. The topological polar surface area (TPSA) is 76.7 Å². The smallest absolute Gasteiger partial charge is 0.314 e. The van der Waals surface area contributed by atoms with Crippen molar-refractivity contribution in [1.82, 2.24) is 20.2 Å². The van der Waals surface area contributed by atoms with Crippen LogP contribution in [0.2, 0.25) is 0 Å². The molecular weight excluding hydrogens is 385 g/mol. The van der Waals surface area contributed by atoms with E-state index in [0.29, 0.717) is 18.9 Å². The number of nitrogens with one attached hydrogen (secondary N) is 1. The molecule has 0 atom stereocenters. The summed E-state index contributed by atoms with van der Waals surface area (Å²) in [4.78, 5) is 8.14. The van der Waals surface area contributed by atoms with Gasteiger partial charge in [-0.3, -0.25) is 0 Å². The molecule has 1 aliphatic carbocycles. The van der Waals surface area contributed by atoms with Gasteiger partial charge in [-0.2, -0.15) is 8.78 Å². The Kier molecular flexibility index (Phi) is 4.44. The molecule has 4 rings (SSSR count). The van der Waals surface area contributed by atoms with Crippen LogP contribution >= 0.6 is 0 Å². The van der Waals surface area contributed by atoms with Crippen molar-refractivity contribution in [2.24, 2.45) is 0 Å². The number of hydrogen-bond acceptors (Lipinski definition) is 6. The second-order valence-corrected chi connectivity index (χ2v) is 6.32. The predicted molar refractivity (Wildman–Crippen MR) is 85.7 cm³/mol. The normalized spacial score (nSPS) is 15.5. The van der Waals surface area contributed by atoms with E-state index in [9.17, 15) is 22.0 Å². The van der Waals surface area contributed by atoms with Crippen LogP contribution in [0.4, 0.5) is 27.9 Å². The molecule has 146 valence electrons. The van der Waals surface area contributed by atoms with E-state index in [0.717, 1.165) is 12.5 Å². The molecule has 1 N–H and O–H groups in total. The van der Waals surface area contributed by atoms with Gasteiger partial charge in [0.25, 0.3) is 11.8 Å². The van der Waals surface area contributed by atoms with Crippen LogP contribution < -0.4 is 5.32 Å². The highest BCUT2D eigenvalue weighted by Crippen LogP contribution is 2.45. The first-order valence-electron chi connectivity index (χ1n) is 8.26. The van der Waals surface area contributed by atoms with Crippen LogP contribution in [0, 0.1) is 17.5 Å². The summed E-state index contributed by atoms with van der Waals surface area (Å²) in [7, 11) is 0. The second kappa shape index (κ2) is 6.80. The number of aromatic nitrogens is 4. The first-order chi connectivity index (χ1) is 13.4. The Labute approximate surface area is 154 Å². The molecule has 1 saturated carbocycles. The quantitative estimate of drug-likeness (QED) is 0.509. The Hall–Kier alpha value is -3.11. The molecule has 2 heterocycles. The van der Waals surface area contributed by atoms with E-state index < -0.39 is 35.3 Å². The molecule has 0 radical (unpaired) electrons. The van der Waals surface area contributed by atoms with Crippen LogP contribution in [0.1, 0.15) is 37.1 Å². The average molecular weight is 397 g/mol.